The molecule has 3 N–H and O–H groups in total. The summed E-state index contributed by atoms with van der Waals surface area (Å²) in [5.41, 5.74) is 5.75. The second-order valence-corrected chi connectivity index (χ2v) is 6.45. The van der Waals surface area contributed by atoms with Crippen molar-refractivity contribution in [2.45, 2.75) is 77.4 Å². The zero-order chi connectivity index (χ0) is 17.8. The van der Waals surface area contributed by atoms with Gasteiger partial charge in [-0.15, -0.1) is 0 Å². The zero-order valence-corrected chi connectivity index (χ0v) is 14.8. The summed E-state index contributed by atoms with van der Waals surface area (Å²) < 4.78 is 4.60. The number of carbonyl (C=O) groups is 2. The lowest BCUT2D eigenvalue weighted by molar-refractivity contribution is -0.151. The quantitative estimate of drug-likeness (QED) is 0.398. The summed E-state index contributed by atoms with van der Waals surface area (Å²) in [6.07, 6.45) is 12.2. The van der Waals surface area contributed by atoms with Crippen molar-refractivity contribution in [2.24, 2.45) is 5.73 Å². The number of primary amides is 1. The lowest BCUT2D eigenvalue weighted by Crippen LogP contribution is -2.39. The van der Waals surface area contributed by atoms with Gasteiger partial charge in [-0.25, -0.2) is 9.59 Å². The van der Waals surface area contributed by atoms with Crippen LogP contribution in [0.15, 0.2) is 11.6 Å². The highest BCUT2D eigenvalue weighted by Crippen LogP contribution is 2.15. The number of nitrogens with two attached hydrogens (primary N) is 1. The molecule has 24 heavy (non-hydrogen) atoms. The van der Waals surface area contributed by atoms with Gasteiger partial charge in [-0.3, -0.25) is 0 Å². The van der Waals surface area contributed by atoms with E-state index < -0.39 is 18.3 Å². The van der Waals surface area contributed by atoms with E-state index in [2.05, 4.69) is 11.7 Å². The van der Waals surface area contributed by atoms with E-state index in [4.69, 9.17) is 5.73 Å². The van der Waals surface area contributed by atoms with Crippen LogP contribution in [-0.4, -0.2) is 41.4 Å². The Kier molecular flexibility index (Phi) is 10.2. The Bertz CT molecular complexity index is 423. The number of unbranched alkanes of at least 4 members (excludes halogenated alkanes) is 9. The molecule has 1 aliphatic heterocycles. The van der Waals surface area contributed by atoms with E-state index in [0.717, 1.165) is 19.3 Å². The molecular weight excluding hydrogens is 308 g/mol. The van der Waals surface area contributed by atoms with Crippen LogP contribution in [0.3, 0.4) is 0 Å². The number of hydrogen-bond donors (Lipinski definition) is 2. The molecule has 1 heterocycles. The Morgan fingerprint density at radius 1 is 1.12 bits per heavy atom. The summed E-state index contributed by atoms with van der Waals surface area (Å²) in [6.45, 7) is 2.90. The number of cyclic esters (lactones) is 1. The Balaban J connectivity index is 2.11. The first-order valence-corrected chi connectivity index (χ1v) is 9.18. The normalized spacial score (nSPS) is 16.8. The summed E-state index contributed by atoms with van der Waals surface area (Å²) in [6, 6.07) is -0.543. The highest BCUT2D eigenvalue weighted by atomic mass is 16.6. The maximum Gasteiger partial charge on any atom is 0.333 e. The van der Waals surface area contributed by atoms with E-state index >= 15 is 0 Å². The fourth-order valence-electron chi connectivity index (χ4n) is 2.84. The third kappa shape index (κ3) is 8.34. The molecule has 6 heteroatoms. The first-order chi connectivity index (χ1) is 11.5. The summed E-state index contributed by atoms with van der Waals surface area (Å²) in [4.78, 5) is 24.0. The van der Waals surface area contributed by atoms with Crippen LogP contribution in [0.5, 0.6) is 0 Å². The Morgan fingerprint density at radius 3 is 2.12 bits per heavy atom. The average Bonchev–Trinajstić information content (AvgIpc) is 2.85. The molecule has 0 aromatic heterocycles. The number of urea groups is 1. The SMILES string of the molecule is CCCCCCCCCCCCN(CC1=CC(=O)OC1O)C(N)=O. The van der Waals surface area contributed by atoms with Gasteiger partial charge in [-0.2, -0.15) is 0 Å². The standard InChI is InChI=1S/C18H32N2O4/c1-2-3-4-5-6-7-8-9-10-11-12-20(18(19)23)14-15-13-16(21)24-17(15)22/h13,17,22H,2-12,14H2,1H3,(H2,19,23). The van der Waals surface area contributed by atoms with Crippen LogP contribution >= 0.6 is 0 Å². The van der Waals surface area contributed by atoms with Gasteiger partial charge in [0.05, 0.1) is 6.54 Å². The van der Waals surface area contributed by atoms with Crippen LogP contribution in [0.25, 0.3) is 0 Å². The van der Waals surface area contributed by atoms with Crippen molar-refractivity contribution in [3.05, 3.63) is 11.6 Å². The summed E-state index contributed by atoms with van der Waals surface area (Å²) >= 11 is 0. The fraction of sp³-hybridized carbons (Fsp3) is 0.778. The largest absolute Gasteiger partial charge is 0.429 e. The summed E-state index contributed by atoms with van der Waals surface area (Å²) in [5, 5.41) is 9.55. The molecule has 1 rings (SSSR count). The van der Waals surface area contributed by atoms with Crippen LogP contribution in [0.4, 0.5) is 4.79 Å². The van der Waals surface area contributed by atoms with Crippen LogP contribution in [0.2, 0.25) is 0 Å². The van der Waals surface area contributed by atoms with Gasteiger partial charge in [0.25, 0.3) is 0 Å². The molecule has 1 aliphatic rings. The number of nitrogens with zero attached hydrogens (tertiary/aromatic N) is 1. The van der Waals surface area contributed by atoms with Crippen molar-refractivity contribution in [2.75, 3.05) is 13.1 Å². The third-order valence-corrected chi connectivity index (χ3v) is 4.31. The van der Waals surface area contributed by atoms with E-state index in [9.17, 15) is 14.7 Å². The van der Waals surface area contributed by atoms with Crippen LogP contribution in [0.1, 0.15) is 71.1 Å². The molecule has 0 spiro atoms. The minimum Gasteiger partial charge on any atom is -0.429 e. The topological polar surface area (TPSA) is 92.9 Å². The molecule has 0 bridgehead atoms. The predicted molar refractivity (Wildman–Crippen MR) is 93.2 cm³/mol. The number of hydrogen-bond acceptors (Lipinski definition) is 4. The molecule has 0 aliphatic carbocycles. The first kappa shape index (κ1) is 20.5. The number of amides is 2. The molecule has 6 nitrogen and oxygen atoms in total. The first-order valence-electron chi connectivity index (χ1n) is 9.18. The molecule has 0 saturated carbocycles. The molecule has 0 saturated heterocycles. The van der Waals surface area contributed by atoms with E-state index in [1.807, 2.05) is 0 Å². The lowest BCUT2D eigenvalue weighted by Gasteiger charge is -2.21. The van der Waals surface area contributed by atoms with Gasteiger partial charge < -0.3 is 20.5 Å². The summed E-state index contributed by atoms with van der Waals surface area (Å²) in [7, 11) is 0. The Hall–Kier alpha value is -1.56. The third-order valence-electron chi connectivity index (χ3n) is 4.31. The maximum absolute atomic E-state index is 11.5. The van der Waals surface area contributed by atoms with Gasteiger partial charge in [0.15, 0.2) is 0 Å². The molecule has 0 aromatic carbocycles. The Labute approximate surface area is 145 Å². The van der Waals surface area contributed by atoms with Gasteiger partial charge in [0, 0.05) is 18.2 Å². The van der Waals surface area contributed by atoms with E-state index in [0.29, 0.717) is 12.1 Å². The average molecular weight is 340 g/mol. The van der Waals surface area contributed by atoms with E-state index in [-0.39, 0.29) is 6.54 Å². The maximum atomic E-state index is 11.5. The fourth-order valence-corrected chi connectivity index (χ4v) is 2.84. The monoisotopic (exact) mass is 340 g/mol. The van der Waals surface area contributed by atoms with E-state index in [1.54, 1.807) is 0 Å². The van der Waals surface area contributed by atoms with Crippen molar-refractivity contribution >= 4 is 12.0 Å². The number of aliphatic hydroxyl groups excluding tert-OH is 1. The molecule has 2 amide bonds. The molecule has 0 fully saturated rings. The van der Waals surface area contributed by atoms with Gasteiger partial charge in [-0.1, -0.05) is 64.7 Å². The highest BCUT2D eigenvalue weighted by molar-refractivity contribution is 5.86. The molecule has 0 radical (unpaired) electrons. The number of esters is 1. The highest BCUT2D eigenvalue weighted by Gasteiger charge is 2.26. The van der Waals surface area contributed by atoms with Crippen molar-refractivity contribution in [3.63, 3.8) is 0 Å². The Morgan fingerprint density at radius 2 is 1.67 bits per heavy atom. The molecule has 1 atom stereocenters. The van der Waals surface area contributed by atoms with Gasteiger partial charge in [-0.05, 0) is 6.42 Å². The van der Waals surface area contributed by atoms with Gasteiger partial charge in [0.2, 0.25) is 6.29 Å². The second kappa shape index (κ2) is 11.9. The van der Waals surface area contributed by atoms with Crippen molar-refractivity contribution < 1.29 is 19.4 Å². The number of ether oxygens (including phenoxy) is 1. The molecular formula is C18H32N2O4. The number of rotatable bonds is 13. The molecule has 1 unspecified atom stereocenters. The predicted octanol–water partition coefficient (Wildman–Crippen LogP) is 3.09. The minimum atomic E-state index is -1.26. The minimum absolute atomic E-state index is 0.139. The molecule has 138 valence electrons. The zero-order valence-electron chi connectivity index (χ0n) is 14.8. The van der Waals surface area contributed by atoms with Gasteiger partial charge >= 0.3 is 12.0 Å². The van der Waals surface area contributed by atoms with Crippen molar-refractivity contribution in [1.29, 1.82) is 0 Å². The van der Waals surface area contributed by atoms with Gasteiger partial charge in [0.1, 0.15) is 0 Å². The number of carbonyl (C=O) groups excluding carboxylic acids is 2. The smallest absolute Gasteiger partial charge is 0.333 e. The number of aliphatic hydroxyl groups is 1. The van der Waals surface area contributed by atoms with Crippen LogP contribution in [0, 0.1) is 0 Å². The second-order valence-electron chi connectivity index (χ2n) is 6.45. The van der Waals surface area contributed by atoms with Crippen molar-refractivity contribution in [1.82, 2.24) is 4.90 Å². The van der Waals surface area contributed by atoms with Crippen molar-refractivity contribution in [3.8, 4) is 0 Å². The summed E-state index contributed by atoms with van der Waals surface area (Å²) in [5.74, 6) is -0.583. The molecule has 0 aromatic rings. The van der Waals surface area contributed by atoms with Crippen LogP contribution < -0.4 is 5.73 Å². The van der Waals surface area contributed by atoms with E-state index in [1.165, 1.54) is 55.9 Å². The lowest BCUT2D eigenvalue weighted by atomic mass is 10.1. The van der Waals surface area contributed by atoms with Crippen LogP contribution in [-0.2, 0) is 9.53 Å².